The molecule has 0 bridgehead atoms. The van der Waals surface area contributed by atoms with Crippen molar-refractivity contribution in [1.82, 2.24) is 4.72 Å². The van der Waals surface area contributed by atoms with E-state index in [0.717, 1.165) is 36.5 Å². The first-order valence-corrected chi connectivity index (χ1v) is 11.4. The van der Waals surface area contributed by atoms with Crippen molar-refractivity contribution in [3.63, 3.8) is 0 Å². The lowest BCUT2D eigenvalue weighted by Crippen LogP contribution is -2.29. The lowest BCUT2D eigenvalue weighted by Gasteiger charge is -2.08. The zero-order valence-corrected chi connectivity index (χ0v) is 19.2. The third-order valence-electron chi connectivity index (χ3n) is 4.11. The molecule has 2 rings (SSSR count). The average molecular weight is 483 g/mol. The predicted octanol–water partition coefficient (Wildman–Crippen LogP) is 1.85. The molecule has 12 heteroatoms. The van der Waals surface area contributed by atoms with Crippen molar-refractivity contribution in [1.29, 1.82) is 0 Å². The first-order chi connectivity index (χ1) is 15.1. The van der Waals surface area contributed by atoms with Crippen LogP contribution < -0.4 is 10.5 Å². The quantitative estimate of drug-likeness (QED) is 0.403. The van der Waals surface area contributed by atoms with Gasteiger partial charge in [0.1, 0.15) is 28.6 Å². The number of aryl methyl sites for hydroxylation is 1. The van der Waals surface area contributed by atoms with Crippen molar-refractivity contribution in [2.45, 2.75) is 13.5 Å². The summed E-state index contributed by atoms with van der Waals surface area (Å²) in [5.41, 5.74) is 7.39. The topological polar surface area (TPSA) is 151 Å². The highest BCUT2D eigenvalue weighted by Crippen LogP contribution is 2.33. The second-order valence-corrected chi connectivity index (χ2v) is 9.08. The van der Waals surface area contributed by atoms with E-state index in [1.165, 1.54) is 6.08 Å². The molecule has 0 spiro atoms. The van der Waals surface area contributed by atoms with Crippen LogP contribution in [-0.4, -0.2) is 47.1 Å². The number of nitrogens with two attached hydrogens (primary N) is 1. The summed E-state index contributed by atoms with van der Waals surface area (Å²) in [5, 5.41) is 0.917. The van der Waals surface area contributed by atoms with Crippen molar-refractivity contribution >= 4 is 50.3 Å². The van der Waals surface area contributed by atoms with Crippen LogP contribution in [0.4, 0.5) is 5.00 Å². The molecule has 32 heavy (non-hydrogen) atoms. The van der Waals surface area contributed by atoms with Gasteiger partial charge in [0.05, 0.1) is 14.2 Å². The second kappa shape index (κ2) is 10.9. The smallest absolute Gasteiger partial charge is 0.348 e. The third-order valence-corrected chi connectivity index (χ3v) is 6.19. The first-order valence-electron chi connectivity index (χ1n) is 9.05. The Bertz CT molecular complexity index is 1140. The highest BCUT2D eigenvalue weighted by Gasteiger charge is 2.28. The van der Waals surface area contributed by atoms with Crippen LogP contribution in [-0.2, 0) is 35.6 Å². The largest absolute Gasteiger partial charge is 0.465 e. The maximum absolute atomic E-state index is 12.1. The molecule has 172 valence electrons. The van der Waals surface area contributed by atoms with E-state index in [0.29, 0.717) is 5.56 Å². The summed E-state index contributed by atoms with van der Waals surface area (Å²) in [6.07, 6.45) is 1.38. The number of ether oxygens (including phenoxy) is 3. The van der Waals surface area contributed by atoms with Crippen molar-refractivity contribution in [2.75, 3.05) is 26.5 Å². The minimum absolute atomic E-state index is 0.00903. The van der Waals surface area contributed by atoms with Crippen molar-refractivity contribution in [3.8, 4) is 0 Å². The van der Waals surface area contributed by atoms with Gasteiger partial charge in [0.25, 0.3) is 0 Å². The molecule has 1 aromatic heterocycles. The summed E-state index contributed by atoms with van der Waals surface area (Å²) in [5.74, 6) is -2.53. The van der Waals surface area contributed by atoms with Crippen LogP contribution in [0.25, 0.3) is 6.08 Å². The molecule has 1 aromatic carbocycles. The molecule has 0 aliphatic carbocycles. The number of nitrogen functional groups attached to an aromatic ring is 1. The van der Waals surface area contributed by atoms with Gasteiger partial charge in [-0.05, 0) is 18.6 Å². The van der Waals surface area contributed by atoms with E-state index in [1.807, 2.05) is 19.1 Å². The van der Waals surface area contributed by atoms with E-state index in [-0.39, 0.29) is 21.0 Å². The summed E-state index contributed by atoms with van der Waals surface area (Å²) in [4.78, 5) is 36.0. The highest BCUT2D eigenvalue weighted by atomic mass is 32.2. The number of esters is 3. The van der Waals surface area contributed by atoms with E-state index in [4.69, 9.17) is 10.5 Å². The molecular weight excluding hydrogens is 460 g/mol. The summed E-state index contributed by atoms with van der Waals surface area (Å²) in [7, 11) is -1.64. The number of hydrogen-bond acceptors (Lipinski definition) is 10. The molecule has 2 aromatic rings. The molecule has 0 radical (unpaired) electrons. The minimum atomic E-state index is -3.91. The number of carbonyl (C=O) groups is 3. The van der Waals surface area contributed by atoms with E-state index >= 15 is 0 Å². The second-order valence-electron chi connectivity index (χ2n) is 6.37. The predicted molar refractivity (Wildman–Crippen MR) is 118 cm³/mol. The van der Waals surface area contributed by atoms with Crippen LogP contribution in [0, 0.1) is 6.92 Å². The Labute approximate surface area is 189 Å². The summed E-state index contributed by atoms with van der Waals surface area (Å²) in [6, 6.07) is 7.17. The van der Waals surface area contributed by atoms with E-state index in [2.05, 4.69) is 14.2 Å². The van der Waals surface area contributed by atoms with E-state index in [9.17, 15) is 22.8 Å². The van der Waals surface area contributed by atoms with Crippen molar-refractivity contribution in [3.05, 3.63) is 56.8 Å². The summed E-state index contributed by atoms with van der Waals surface area (Å²) >= 11 is 0.782. The number of anilines is 1. The monoisotopic (exact) mass is 482 g/mol. The molecule has 0 fully saturated rings. The molecule has 0 unspecified atom stereocenters. The lowest BCUT2D eigenvalue weighted by atomic mass is 10.1. The number of hydrogen-bond donors (Lipinski definition) is 2. The molecule has 0 saturated carbocycles. The zero-order valence-electron chi connectivity index (χ0n) is 17.5. The number of benzene rings is 1. The molecular formula is C20H22N2O8S2. The number of nitrogens with one attached hydrogen (secondary N) is 1. The van der Waals surface area contributed by atoms with Crippen molar-refractivity contribution < 1.29 is 37.0 Å². The first kappa shape index (κ1) is 25.0. The van der Waals surface area contributed by atoms with Gasteiger partial charge in [-0.25, -0.2) is 22.7 Å². The SMILES string of the molecule is COC(=O)c1sc(N)c(C(=O)OC)c1COC(=O)CNS(=O)(=O)C=Cc1ccc(C)cc1. The fourth-order valence-corrected chi connectivity index (χ4v) is 4.19. The summed E-state index contributed by atoms with van der Waals surface area (Å²) in [6.45, 7) is 0.730. The lowest BCUT2D eigenvalue weighted by molar-refractivity contribution is -0.143. The normalized spacial score (nSPS) is 11.3. The molecule has 0 atom stereocenters. The Kier molecular flexibility index (Phi) is 8.52. The molecule has 0 aliphatic heterocycles. The van der Waals surface area contributed by atoms with Gasteiger partial charge in [-0.1, -0.05) is 29.8 Å². The van der Waals surface area contributed by atoms with Crippen LogP contribution in [0.3, 0.4) is 0 Å². The number of methoxy groups -OCH3 is 2. The van der Waals surface area contributed by atoms with E-state index in [1.54, 1.807) is 12.1 Å². The van der Waals surface area contributed by atoms with Crippen LogP contribution in [0.1, 0.15) is 36.7 Å². The highest BCUT2D eigenvalue weighted by molar-refractivity contribution is 7.92. The standard InChI is InChI=1S/C20H22N2O8S2/c1-12-4-6-13(7-5-12)8-9-32(26,27)22-10-15(23)30-11-14-16(19(24)28-2)18(21)31-17(14)20(25)29-3/h4-9,22H,10-11,21H2,1-3H3. The Morgan fingerprint density at radius 3 is 2.31 bits per heavy atom. The van der Waals surface area contributed by atoms with Gasteiger partial charge in [0, 0.05) is 11.0 Å². The Hall–Kier alpha value is -3.22. The van der Waals surface area contributed by atoms with Crippen LogP contribution in [0.5, 0.6) is 0 Å². The molecule has 1 heterocycles. The fraction of sp³-hybridized carbons (Fsp3) is 0.250. The molecule has 0 aliphatic rings. The number of rotatable bonds is 9. The Balaban J connectivity index is 2.04. The van der Waals surface area contributed by atoms with E-state index < -0.39 is 41.1 Å². The average Bonchev–Trinajstić information content (AvgIpc) is 3.11. The van der Waals surface area contributed by atoms with Gasteiger partial charge >= 0.3 is 17.9 Å². The minimum Gasteiger partial charge on any atom is -0.465 e. The number of sulfonamides is 1. The maximum Gasteiger partial charge on any atom is 0.348 e. The fourth-order valence-electron chi connectivity index (χ4n) is 2.46. The zero-order chi connectivity index (χ0) is 23.9. The maximum atomic E-state index is 12.1. The van der Waals surface area contributed by atoms with Gasteiger partial charge < -0.3 is 19.9 Å². The van der Waals surface area contributed by atoms with Crippen molar-refractivity contribution in [2.24, 2.45) is 0 Å². The number of carbonyl (C=O) groups excluding carboxylic acids is 3. The number of thiophene rings is 1. The van der Waals surface area contributed by atoms with Gasteiger partial charge in [0.15, 0.2) is 0 Å². The summed E-state index contributed by atoms with van der Waals surface area (Å²) < 4.78 is 40.6. The van der Waals surface area contributed by atoms with Gasteiger partial charge in [-0.2, -0.15) is 0 Å². The molecule has 0 amide bonds. The third kappa shape index (κ3) is 6.64. The Morgan fingerprint density at radius 2 is 1.72 bits per heavy atom. The van der Waals surface area contributed by atoms with Gasteiger partial charge in [0.2, 0.25) is 10.0 Å². The van der Waals surface area contributed by atoms with Crippen LogP contribution in [0.2, 0.25) is 0 Å². The molecule has 0 saturated heterocycles. The van der Waals surface area contributed by atoms with Gasteiger partial charge in [-0.15, -0.1) is 11.3 Å². The molecule has 10 nitrogen and oxygen atoms in total. The van der Waals surface area contributed by atoms with Crippen LogP contribution >= 0.6 is 11.3 Å². The van der Waals surface area contributed by atoms with Gasteiger partial charge in [-0.3, -0.25) is 4.79 Å². The van der Waals surface area contributed by atoms with Crippen LogP contribution in [0.15, 0.2) is 29.7 Å². The molecule has 3 N–H and O–H groups in total. The Morgan fingerprint density at radius 1 is 1.09 bits per heavy atom.